The zero-order valence-electron chi connectivity index (χ0n) is 11.0. The molecule has 5 heteroatoms. The summed E-state index contributed by atoms with van der Waals surface area (Å²) >= 11 is 1.61. The molecule has 19 heavy (non-hydrogen) atoms. The van der Waals surface area contributed by atoms with Crippen molar-refractivity contribution in [3.8, 4) is 5.75 Å². The van der Waals surface area contributed by atoms with Crippen LogP contribution in [0, 0.1) is 6.92 Å². The summed E-state index contributed by atoms with van der Waals surface area (Å²) in [7, 11) is 0. The van der Waals surface area contributed by atoms with Crippen LogP contribution in [0.1, 0.15) is 17.7 Å². The third-order valence-electron chi connectivity index (χ3n) is 2.52. The van der Waals surface area contributed by atoms with Gasteiger partial charge >= 0.3 is 0 Å². The maximum absolute atomic E-state index is 5.67. The molecule has 2 N–H and O–H groups in total. The van der Waals surface area contributed by atoms with Gasteiger partial charge in [0.25, 0.3) is 5.22 Å². The minimum atomic E-state index is 0.538. The van der Waals surface area contributed by atoms with Crippen LogP contribution in [0.4, 0.5) is 0 Å². The van der Waals surface area contributed by atoms with Crippen LogP contribution in [0.5, 0.6) is 5.75 Å². The molecule has 0 atom stereocenters. The van der Waals surface area contributed by atoms with E-state index in [-0.39, 0.29) is 0 Å². The van der Waals surface area contributed by atoms with Gasteiger partial charge in [-0.2, -0.15) is 0 Å². The molecule has 0 aliphatic carbocycles. The van der Waals surface area contributed by atoms with Crippen molar-refractivity contribution in [2.45, 2.75) is 25.1 Å². The Morgan fingerprint density at radius 3 is 3.05 bits per heavy atom. The third-order valence-corrected chi connectivity index (χ3v) is 3.44. The van der Waals surface area contributed by atoms with Gasteiger partial charge in [-0.3, -0.25) is 0 Å². The van der Waals surface area contributed by atoms with Gasteiger partial charge in [-0.1, -0.05) is 23.9 Å². The molecule has 0 aliphatic rings. The van der Waals surface area contributed by atoms with Crippen molar-refractivity contribution in [2.75, 3.05) is 12.4 Å². The third kappa shape index (κ3) is 4.61. The standard InChI is InChI=1S/C14H18N2O2S/c1-11-10-18-14(16-11)19-7-3-6-17-13-5-2-4-12(8-13)9-15/h2,4-5,8,10H,3,6-7,9,15H2,1H3. The predicted molar refractivity (Wildman–Crippen MR) is 76.4 cm³/mol. The molecule has 0 spiro atoms. The average molecular weight is 278 g/mol. The van der Waals surface area contributed by atoms with Crippen molar-refractivity contribution in [2.24, 2.45) is 5.73 Å². The summed E-state index contributed by atoms with van der Waals surface area (Å²) < 4.78 is 10.9. The van der Waals surface area contributed by atoms with Gasteiger partial charge in [0.15, 0.2) is 0 Å². The fraction of sp³-hybridized carbons (Fsp3) is 0.357. The molecule has 1 aromatic heterocycles. The van der Waals surface area contributed by atoms with Crippen LogP contribution in [0.25, 0.3) is 0 Å². The molecular formula is C14H18N2O2S. The molecule has 0 aliphatic heterocycles. The van der Waals surface area contributed by atoms with E-state index >= 15 is 0 Å². The zero-order valence-corrected chi connectivity index (χ0v) is 11.8. The molecule has 1 aromatic carbocycles. The highest BCUT2D eigenvalue weighted by Crippen LogP contribution is 2.18. The van der Waals surface area contributed by atoms with Crippen LogP contribution in [0.2, 0.25) is 0 Å². The number of nitrogens with zero attached hydrogens (tertiary/aromatic N) is 1. The first kappa shape index (κ1) is 14.0. The van der Waals surface area contributed by atoms with Gasteiger partial charge in [0.2, 0.25) is 0 Å². The quantitative estimate of drug-likeness (QED) is 0.623. The molecule has 0 bridgehead atoms. The van der Waals surface area contributed by atoms with Crippen LogP contribution >= 0.6 is 11.8 Å². The van der Waals surface area contributed by atoms with E-state index in [2.05, 4.69) is 4.98 Å². The van der Waals surface area contributed by atoms with Crippen molar-refractivity contribution in [3.63, 3.8) is 0 Å². The van der Waals surface area contributed by atoms with E-state index in [1.165, 1.54) is 0 Å². The van der Waals surface area contributed by atoms with Gasteiger partial charge in [-0.05, 0) is 31.0 Å². The smallest absolute Gasteiger partial charge is 0.255 e. The minimum Gasteiger partial charge on any atom is -0.494 e. The number of aryl methyl sites for hydroxylation is 1. The van der Waals surface area contributed by atoms with Crippen molar-refractivity contribution in [1.82, 2.24) is 4.98 Å². The van der Waals surface area contributed by atoms with E-state index in [9.17, 15) is 0 Å². The van der Waals surface area contributed by atoms with Crippen molar-refractivity contribution in [1.29, 1.82) is 0 Å². The summed E-state index contributed by atoms with van der Waals surface area (Å²) in [5, 5.41) is 0.725. The molecular weight excluding hydrogens is 260 g/mol. The highest BCUT2D eigenvalue weighted by Gasteiger charge is 2.01. The van der Waals surface area contributed by atoms with Crippen LogP contribution in [-0.2, 0) is 6.54 Å². The number of ether oxygens (including phenoxy) is 1. The van der Waals surface area contributed by atoms with Crippen LogP contribution in [-0.4, -0.2) is 17.3 Å². The maximum Gasteiger partial charge on any atom is 0.255 e. The van der Waals surface area contributed by atoms with Crippen molar-refractivity contribution >= 4 is 11.8 Å². The molecule has 102 valence electrons. The first-order chi connectivity index (χ1) is 9.28. The van der Waals surface area contributed by atoms with Gasteiger partial charge in [0, 0.05) is 12.3 Å². The second-order valence-electron chi connectivity index (χ2n) is 4.16. The first-order valence-electron chi connectivity index (χ1n) is 6.24. The first-order valence-corrected chi connectivity index (χ1v) is 7.23. The summed E-state index contributed by atoms with van der Waals surface area (Å²) in [4.78, 5) is 4.23. The minimum absolute atomic E-state index is 0.538. The largest absolute Gasteiger partial charge is 0.494 e. The fourth-order valence-electron chi connectivity index (χ4n) is 1.57. The molecule has 0 radical (unpaired) electrons. The summed E-state index contributed by atoms with van der Waals surface area (Å²) in [6.07, 6.45) is 2.61. The lowest BCUT2D eigenvalue weighted by atomic mass is 10.2. The zero-order chi connectivity index (χ0) is 13.5. The summed E-state index contributed by atoms with van der Waals surface area (Å²) in [5.74, 6) is 1.80. The molecule has 0 unspecified atom stereocenters. The normalized spacial score (nSPS) is 10.6. The van der Waals surface area contributed by atoms with Crippen LogP contribution in [0.15, 0.2) is 40.2 Å². The Balaban J connectivity index is 1.66. The van der Waals surface area contributed by atoms with Gasteiger partial charge in [0.1, 0.15) is 12.0 Å². The Morgan fingerprint density at radius 1 is 1.42 bits per heavy atom. The number of hydrogen-bond donors (Lipinski definition) is 1. The highest BCUT2D eigenvalue weighted by atomic mass is 32.2. The molecule has 2 rings (SSSR count). The molecule has 4 nitrogen and oxygen atoms in total. The number of benzene rings is 1. The SMILES string of the molecule is Cc1coc(SCCCOc2cccc(CN)c2)n1. The average Bonchev–Trinajstić information content (AvgIpc) is 2.84. The predicted octanol–water partition coefficient (Wildman–Crippen LogP) is 3.00. The Hall–Kier alpha value is -1.46. The molecule has 1 heterocycles. The lowest BCUT2D eigenvalue weighted by Gasteiger charge is -2.06. The number of aromatic nitrogens is 1. The maximum atomic E-state index is 5.67. The Morgan fingerprint density at radius 2 is 2.32 bits per heavy atom. The fourth-order valence-corrected chi connectivity index (χ4v) is 2.33. The highest BCUT2D eigenvalue weighted by molar-refractivity contribution is 7.99. The number of hydrogen-bond acceptors (Lipinski definition) is 5. The second-order valence-corrected chi connectivity index (χ2v) is 5.20. The Labute approximate surface area is 117 Å². The molecule has 0 amide bonds. The van der Waals surface area contributed by atoms with Gasteiger partial charge in [0.05, 0.1) is 12.3 Å². The van der Waals surface area contributed by atoms with Gasteiger partial charge in [-0.15, -0.1) is 0 Å². The molecule has 0 fully saturated rings. The Bertz CT molecular complexity index is 514. The number of oxazole rings is 1. The van der Waals surface area contributed by atoms with E-state index in [1.54, 1.807) is 18.0 Å². The van der Waals surface area contributed by atoms with E-state index in [0.29, 0.717) is 13.2 Å². The second kappa shape index (κ2) is 7.21. The van der Waals surface area contributed by atoms with E-state index < -0.39 is 0 Å². The molecule has 0 saturated heterocycles. The summed E-state index contributed by atoms with van der Waals surface area (Å²) in [5.41, 5.74) is 7.58. The lowest BCUT2D eigenvalue weighted by molar-refractivity contribution is 0.318. The van der Waals surface area contributed by atoms with Crippen LogP contribution < -0.4 is 10.5 Å². The van der Waals surface area contributed by atoms with E-state index in [0.717, 1.165) is 34.4 Å². The van der Waals surface area contributed by atoms with Crippen molar-refractivity contribution < 1.29 is 9.15 Å². The topological polar surface area (TPSA) is 61.3 Å². The summed E-state index contributed by atoms with van der Waals surface area (Å²) in [6, 6.07) is 7.88. The number of thioether (sulfide) groups is 1. The monoisotopic (exact) mass is 278 g/mol. The van der Waals surface area contributed by atoms with Gasteiger partial charge < -0.3 is 14.9 Å². The van der Waals surface area contributed by atoms with E-state index in [4.69, 9.17) is 14.9 Å². The molecule has 0 saturated carbocycles. The lowest BCUT2D eigenvalue weighted by Crippen LogP contribution is -2.00. The Kier molecular flexibility index (Phi) is 5.30. The van der Waals surface area contributed by atoms with E-state index in [1.807, 2.05) is 31.2 Å². The number of rotatable bonds is 7. The summed E-state index contributed by atoms with van der Waals surface area (Å²) in [6.45, 7) is 3.14. The van der Waals surface area contributed by atoms with Crippen LogP contribution in [0.3, 0.4) is 0 Å². The van der Waals surface area contributed by atoms with Gasteiger partial charge in [-0.25, -0.2) is 4.98 Å². The van der Waals surface area contributed by atoms with Crippen molar-refractivity contribution in [3.05, 3.63) is 41.8 Å². The molecule has 2 aromatic rings. The number of nitrogens with two attached hydrogens (primary N) is 1.